The molecule has 1 aromatic rings. The molecule has 0 saturated heterocycles. The first-order valence-corrected chi connectivity index (χ1v) is 7.37. The summed E-state index contributed by atoms with van der Waals surface area (Å²) < 4.78 is 9.97. The molecular formula is C17H22N2O3. The summed E-state index contributed by atoms with van der Waals surface area (Å²) in [6, 6.07) is 3.91. The predicted molar refractivity (Wildman–Crippen MR) is 86.5 cm³/mol. The topological polar surface area (TPSA) is 60.5 Å². The van der Waals surface area contributed by atoms with Crippen LogP contribution < -0.4 is 5.32 Å². The number of aromatic nitrogens is 1. The zero-order valence-corrected chi connectivity index (χ0v) is 13.0. The van der Waals surface area contributed by atoms with Crippen molar-refractivity contribution in [3.8, 4) is 0 Å². The predicted octanol–water partition coefficient (Wildman–Crippen LogP) is 2.29. The molecule has 1 aromatic heterocycles. The van der Waals surface area contributed by atoms with Crippen molar-refractivity contribution in [3.05, 3.63) is 41.2 Å². The summed E-state index contributed by atoms with van der Waals surface area (Å²) >= 11 is 0. The third-order valence-electron chi connectivity index (χ3n) is 3.14. The van der Waals surface area contributed by atoms with Gasteiger partial charge in [0.2, 0.25) is 0 Å². The molecule has 2 rings (SSSR count). The van der Waals surface area contributed by atoms with Gasteiger partial charge >= 0.3 is 0 Å². The van der Waals surface area contributed by atoms with Crippen LogP contribution in [-0.4, -0.2) is 44.4 Å². The minimum atomic E-state index is -0.0484. The van der Waals surface area contributed by atoms with Gasteiger partial charge < -0.3 is 14.8 Å². The standard InChI is InChI=1S/C17H22N2O3/c1-21-9-3-5-15-11-13(17(20)19-14-7-8-14)12-16(18-15)6-4-10-22-2/h3-6,11-12,14H,7-10H2,1-2H3,(H,19,20)/b5-3+,6-4+. The molecule has 0 spiro atoms. The Kier molecular flexibility index (Phi) is 6.30. The van der Waals surface area contributed by atoms with E-state index in [-0.39, 0.29) is 5.91 Å². The average Bonchev–Trinajstić information content (AvgIpc) is 3.31. The average molecular weight is 302 g/mol. The number of carbonyl (C=O) groups is 1. The lowest BCUT2D eigenvalue weighted by Crippen LogP contribution is -2.25. The number of hydrogen-bond acceptors (Lipinski definition) is 4. The first-order valence-electron chi connectivity index (χ1n) is 7.37. The summed E-state index contributed by atoms with van der Waals surface area (Å²) in [6.45, 7) is 1.02. The Balaban J connectivity index is 2.19. The van der Waals surface area contributed by atoms with E-state index in [1.807, 2.05) is 24.3 Å². The molecule has 0 unspecified atom stereocenters. The van der Waals surface area contributed by atoms with Crippen LogP contribution in [0, 0.1) is 0 Å². The maximum Gasteiger partial charge on any atom is 0.251 e. The van der Waals surface area contributed by atoms with E-state index in [2.05, 4.69) is 10.3 Å². The third kappa shape index (κ3) is 5.42. The molecule has 1 aliphatic carbocycles. The van der Waals surface area contributed by atoms with E-state index < -0.39 is 0 Å². The highest BCUT2D eigenvalue weighted by atomic mass is 16.5. The molecule has 1 N–H and O–H groups in total. The molecule has 0 aliphatic heterocycles. The van der Waals surface area contributed by atoms with Gasteiger partial charge in [0.15, 0.2) is 0 Å². The first kappa shape index (κ1) is 16.4. The monoisotopic (exact) mass is 302 g/mol. The molecule has 1 aliphatic rings. The summed E-state index contributed by atoms with van der Waals surface area (Å²) in [5, 5.41) is 2.99. The largest absolute Gasteiger partial charge is 0.381 e. The van der Waals surface area contributed by atoms with Crippen LogP contribution in [0.15, 0.2) is 24.3 Å². The molecule has 0 radical (unpaired) electrons. The van der Waals surface area contributed by atoms with Gasteiger partial charge in [-0.05, 0) is 37.1 Å². The second kappa shape index (κ2) is 8.46. The fraction of sp³-hybridized carbons (Fsp3) is 0.412. The van der Waals surface area contributed by atoms with Gasteiger partial charge in [-0.2, -0.15) is 0 Å². The van der Waals surface area contributed by atoms with Gasteiger partial charge in [-0.25, -0.2) is 4.98 Å². The number of amides is 1. The highest BCUT2D eigenvalue weighted by Gasteiger charge is 2.24. The number of nitrogens with one attached hydrogen (secondary N) is 1. The fourth-order valence-electron chi connectivity index (χ4n) is 1.90. The number of rotatable bonds is 8. The maximum absolute atomic E-state index is 12.2. The zero-order chi connectivity index (χ0) is 15.8. The van der Waals surface area contributed by atoms with E-state index in [4.69, 9.17) is 9.47 Å². The third-order valence-corrected chi connectivity index (χ3v) is 3.14. The number of ether oxygens (including phenoxy) is 2. The summed E-state index contributed by atoms with van der Waals surface area (Å²) in [7, 11) is 3.27. The van der Waals surface area contributed by atoms with Crippen LogP contribution in [0.1, 0.15) is 34.6 Å². The van der Waals surface area contributed by atoms with Crippen molar-refractivity contribution in [3.63, 3.8) is 0 Å². The van der Waals surface area contributed by atoms with Gasteiger partial charge in [0, 0.05) is 25.8 Å². The Morgan fingerprint density at radius 2 is 1.73 bits per heavy atom. The molecule has 5 heteroatoms. The van der Waals surface area contributed by atoms with Crippen LogP contribution in [0.3, 0.4) is 0 Å². The van der Waals surface area contributed by atoms with Gasteiger partial charge in [0.1, 0.15) is 0 Å². The van der Waals surface area contributed by atoms with E-state index in [0.29, 0.717) is 24.8 Å². The van der Waals surface area contributed by atoms with E-state index in [0.717, 1.165) is 24.2 Å². The van der Waals surface area contributed by atoms with Gasteiger partial charge in [0.05, 0.1) is 24.6 Å². The van der Waals surface area contributed by atoms with E-state index in [1.54, 1.807) is 26.4 Å². The molecule has 1 heterocycles. The number of nitrogens with zero attached hydrogens (tertiary/aromatic N) is 1. The second-order valence-corrected chi connectivity index (χ2v) is 5.17. The maximum atomic E-state index is 12.2. The smallest absolute Gasteiger partial charge is 0.251 e. The Morgan fingerprint density at radius 1 is 1.18 bits per heavy atom. The van der Waals surface area contributed by atoms with Crippen LogP contribution in [-0.2, 0) is 9.47 Å². The molecule has 5 nitrogen and oxygen atoms in total. The quantitative estimate of drug-likeness (QED) is 0.800. The van der Waals surface area contributed by atoms with Crippen molar-refractivity contribution < 1.29 is 14.3 Å². The molecule has 0 aromatic carbocycles. The molecule has 0 atom stereocenters. The summed E-state index contributed by atoms with van der Waals surface area (Å²) in [6.07, 6.45) is 9.58. The highest BCUT2D eigenvalue weighted by molar-refractivity contribution is 5.95. The Morgan fingerprint density at radius 3 is 2.18 bits per heavy atom. The summed E-state index contributed by atoms with van der Waals surface area (Å²) in [5.74, 6) is -0.0484. The van der Waals surface area contributed by atoms with Crippen molar-refractivity contribution in [2.75, 3.05) is 27.4 Å². The van der Waals surface area contributed by atoms with Gasteiger partial charge in [-0.3, -0.25) is 4.79 Å². The second-order valence-electron chi connectivity index (χ2n) is 5.17. The van der Waals surface area contributed by atoms with Crippen molar-refractivity contribution >= 4 is 18.1 Å². The Labute approximate surface area is 131 Å². The first-order chi connectivity index (χ1) is 10.7. The van der Waals surface area contributed by atoms with Crippen LogP contribution in [0.4, 0.5) is 0 Å². The zero-order valence-electron chi connectivity index (χ0n) is 13.0. The minimum absolute atomic E-state index is 0.0484. The molecule has 1 fully saturated rings. The van der Waals surface area contributed by atoms with Crippen LogP contribution >= 0.6 is 0 Å². The van der Waals surface area contributed by atoms with E-state index >= 15 is 0 Å². The number of methoxy groups -OCH3 is 2. The molecule has 0 bridgehead atoms. The SMILES string of the molecule is COC/C=C/c1cc(C(=O)NC2CC2)cc(/C=C/COC)n1. The molecule has 1 amide bonds. The number of hydrogen-bond donors (Lipinski definition) is 1. The number of pyridine rings is 1. The van der Waals surface area contributed by atoms with Crippen molar-refractivity contribution in [2.24, 2.45) is 0 Å². The molecule has 1 saturated carbocycles. The lowest BCUT2D eigenvalue weighted by molar-refractivity contribution is 0.0951. The van der Waals surface area contributed by atoms with Crippen LogP contribution in [0.25, 0.3) is 12.2 Å². The Bertz CT molecular complexity index is 529. The normalized spacial score (nSPS) is 14.8. The highest BCUT2D eigenvalue weighted by Crippen LogP contribution is 2.20. The van der Waals surface area contributed by atoms with Crippen molar-refractivity contribution in [1.29, 1.82) is 0 Å². The molecule has 22 heavy (non-hydrogen) atoms. The molecular weight excluding hydrogens is 280 g/mol. The van der Waals surface area contributed by atoms with Crippen LogP contribution in [0.5, 0.6) is 0 Å². The Hall–Kier alpha value is -1.98. The van der Waals surface area contributed by atoms with Gasteiger partial charge in [-0.1, -0.05) is 12.2 Å². The van der Waals surface area contributed by atoms with Crippen molar-refractivity contribution in [2.45, 2.75) is 18.9 Å². The van der Waals surface area contributed by atoms with Crippen LogP contribution in [0.2, 0.25) is 0 Å². The molecule has 118 valence electrons. The summed E-state index contributed by atoms with van der Waals surface area (Å²) in [4.78, 5) is 16.7. The van der Waals surface area contributed by atoms with E-state index in [1.165, 1.54) is 0 Å². The van der Waals surface area contributed by atoms with E-state index in [9.17, 15) is 4.79 Å². The van der Waals surface area contributed by atoms with Gasteiger partial charge in [-0.15, -0.1) is 0 Å². The lowest BCUT2D eigenvalue weighted by atomic mass is 10.1. The van der Waals surface area contributed by atoms with Crippen molar-refractivity contribution in [1.82, 2.24) is 10.3 Å². The fourth-order valence-corrected chi connectivity index (χ4v) is 1.90. The van der Waals surface area contributed by atoms with Gasteiger partial charge in [0.25, 0.3) is 5.91 Å². The summed E-state index contributed by atoms with van der Waals surface area (Å²) in [5.41, 5.74) is 2.09. The lowest BCUT2D eigenvalue weighted by Gasteiger charge is -2.06. The minimum Gasteiger partial charge on any atom is -0.381 e. The number of carbonyl (C=O) groups excluding carboxylic acids is 1.